The Labute approximate surface area is 99.2 Å². The van der Waals surface area contributed by atoms with Crippen molar-refractivity contribution in [1.29, 1.82) is 0 Å². The van der Waals surface area contributed by atoms with Crippen molar-refractivity contribution >= 4 is 10.0 Å². The maximum atomic E-state index is 11.7. The molecule has 1 unspecified atom stereocenters. The summed E-state index contributed by atoms with van der Waals surface area (Å²) in [4.78, 5) is 0. The summed E-state index contributed by atoms with van der Waals surface area (Å²) in [6.07, 6.45) is 3.86. The van der Waals surface area contributed by atoms with Crippen molar-refractivity contribution in [3.05, 3.63) is 0 Å². The Hall–Kier alpha value is -0.130. The number of sulfonamides is 1. The highest BCUT2D eigenvalue weighted by molar-refractivity contribution is 7.89. The molecule has 0 aliphatic carbocycles. The molecule has 0 aromatic carbocycles. The van der Waals surface area contributed by atoms with Gasteiger partial charge < -0.3 is 5.32 Å². The molecule has 0 amide bonds. The predicted octanol–water partition coefficient (Wildman–Crippen LogP) is 1.09. The molecule has 96 valence electrons. The van der Waals surface area contributed by atoms with E-state index in [0.717, 1.165) is 38.8 Å². The monoisotopic (exact) mass is 248 g/mol. The van der Waals surface area contributed by atoms with Gasteiger partial charge in [0.05, 0.1) is 5.75 Å². The molecule has 2 N–H and O–H groups in total. The molecule has 1 atom stereocenters. The number of nitrogens with one attached hydrogen (secondary N) is 2. The normalized spacial score (nSPS) is 20.9. The first-order valence-corrected chi connectivity index (χ1v) is 7.89. The molecular formula is C11H24N2O2S. The second-order valence-corrected chi connectivity index (χ2v) is 6.60. The molecule has 0 aromatic rings. The summed E-state index contributed by atoms with van der Waals surface area (Å²) < 4.78 is 26.1. The zero-order valence-electron chi connectivity index (χ0n) is 10.3. The van der Waals surface area contributed by atoms with E-state index in [0.29, 0.717) is 5.92 Å². The van der Waals surface area contributed by atoms with Gasteiger partial charge in [0.25, 0.3) is 0 Å². The Morgan fingerprint density at radius 3 is 2.56 bits per heavy atom. The molecule has 0 radical (unpaired) electrons. The summed E-state index contributed by atoms with van der Waals surface area (Å²) in [7, 11) is -3.06. The van der Waals surface area contributed by atoms with Gasteiger partial charge in [0.2, 0.25) is 10.0 Å². The van der Waals surface area contributed by atoms with Crippen LogP contribution in [0.3, 0.4) is 0 Å². The van der Waals surface area contributed by atoms with Crippen LogP contribution in [0.5, 0.6) is 0 Å². The Bertz CT molecular complexity index is 284. The van der Waals surface area contributed by atoms with Crippen molar-refractivity contribution in [3.63, 3.8) is 0 Å². The van der Waals surface area contributed by atoms with Crippen LogP contribution in [0.2, 0.25) is 0 Å². The molecule has 1 rings (SSSR count). The first kappa shape index (κ1) is 13.9. The minimum Gasteiger partial charge on any atom is -0.317 e. The standard InChI is InChI=1S/C11H24N2O2S/c1-3-10(2)13-16(14,15)9-6-11-4-7-12-8-5-11/h10-13H,3-9H2,1-2H3. The summed E-state index contributed by atoms with van der Waals surface area (Å²) in [5, 5.41) is 3.29. The molecule has 1 aliphatic rings. The Balaban J connectivity index is 2.29. The van der Waals surface area contributed by atoms with E-state index in [1.807, 2.05) is 13.8 Å². The molecule has 16 heavy (non-hydrogen) atoms. The van der Waals surface area contributed by atoms with Crippen LogP contribution in [0.4, 0.5) is 0 Å². The summed E-state index contributed by atoms with van der Waals surface area (Å²) in [5.74, 6) is 0.858. The lowest BCUT2D eigenvalue weighted by Crippen LogP contribution is -2.35. The van der Waals surface area contributed by atoms with Crippen molar-refractivity contribution in [2.75, 3.05) is 18.8 Å². The second kappa shape index (κ2) is 6.57. The van der Waals surface area contributed by atoms with E-state index in [1.54, 1.807) is 0 Å². The van der Waals surface area contributed by atoms with Gasteiger partial charge in [0, 0.05) is 6.04 Å². The van der Waals surface area contributed by atoms with Gasteiger partial charge in [-0.25, -0.2) is 13.1 Å². The summed E-state index contributed by atoms with van der Waals surface area (Å²) in [6, 6.07) is 0.0537. The smallest absolute Gasteiger partial charge is 0.211 e. The van der Waals surface area contributed by atoms with Gasteiger partial charge in [0.15, 0.2) is 0 Å². The van der Waals surface area contributed by atoms with Crippen LogP contribution >= 0.6 is 0 Å². The molecular weight excluding hydrogens is 224 g/mol. The van der Waals surface area contributed by atoms with Gasteiger partial charge in [-0.2, -0.15) is 0 Å². The molecule has 0 aromatic heterocycles. The molecule has 4 nitrogen and oxygen atoms in total. The zero-order valence-corrected chi connectivity index (χ0v) is 11.1. The molecule has 1 aliphatic heterocycles. The summed E-state index contributed by atoms with van der Waals surface area (Å²) in [5.41, 5.74) is 0. The number of hydrogen-bond donors (Lipinski definition) is 2. The van der Waals surface area contributed by atoms with E-state index < -0.39 is 10.0 Å². The van der Waals surface area contributed by atoms with Crippen LogP contribution in [0, 0.1) is 5.92 Å². The fraction of sp³-hybridized carbons (Fsp3) is 1.00. The molecule has 0 bridgehead atoms. The lowest BCUT2D eigenvalue weighted by atomic mass is 9.96. The van der Waals surface area contributed by atoms with Gasteiger partial charge in [-0.15, -0.1) is 0 Å². The average Bonchev–Trinajstić information content (AvgIpc) is 2.27. The van der Waals surface area contributed by atoms with Gasteiger partial charge in [-0.3, -0.25) is 0 Å². The van der Waals surface area contributed by atoms with E-state index in [2.05, 4.69) is 10.0 Å². The van der Waals surface area contributed by atoms with Crippen LogP contribution in [0.25, 0.3) is 0 Å². The fourth-order valence-electron chi connectivity index (χ4n) is 1.94. The highest BCUT2D eigenvalue weighted by Gasteiger charge is 2.18. The Kier molecular flexibility index (Phi) is 5.72. The van der Waals surface area contributed by atoms with Crippen molar-refractivity contribution in [2.45, 2.75) is 45.6 Å². The Morgan fingerprint density at radius 2 is 2.00 bits per heavy atom. The topological polar surface area (TPSA) is 58.2 Å². The van der Waals surface area contributed by atoms with Crippen LogP contribution in [-0.2, 0) is 10.0 Å². The van der Waals surface area contributed by atoms with Crippen molar-refractivity contribution in [1.82, 2.24) is 10.0 Å². The van der Waals surface area contributed by atoms with E-state index in [-0.39, 0.29) is 11.8 Å². The minimum atomic E-state index is -3.06. The number of rotatable bonds is 6. The zero-order chi connectivity index (χ0) is 12.0. The number of hydrogen-bond acceptors (Lipinski definition) is 3. The predicted molar refractivity (Wildman–Crippen MR) is 66.9 cm³/mol. The third kappa shape index (κ3) is 5.27. The lowest BCUT2D eigenvalue weighted by Gasteiger charge is -2.22. The van der Waals surface area contributed by atoms with Gasteiger partial charge >= 0.3 is 0 Å². The summed E-state index contributed by atoms with van der Waals surface area (Å²) >= 11 is 0. The largest absolute Gasteiger partial charge is 0.317 e. The molecule has 1 heterocycles. The third-order valence-electron chi connectivity index (χ3n) is 3.25. The van der Waals surface area contributed by atoms with Crippen LogP contribution < -0.4 is 10.0 Å². The molecule has 0 saturated carbocycles. The van der Waals surface area contributed by atoms with E-state index in [4.69, 9.17) is 0 Å². The first-order chi connectivity index (χ1) is 7.53. The van der Waals surface area contributed by atoms with Crippen molar-refractivity contribution in [2.24, 2.45) is 5.92 Å². The molecule has 5 heteroatoms. The second-order valence-electron chi connectivity index (χ2n) is 4.73. The van der Waals surface area contributed by atoms with E-state index in [1.165, 1.54) is 0 Å². The quantitative estimate of drug-likeness (QED) is 0.740. The van der Waals surface area contributed by atoms with Crippen LogP contribution in [0.1, 0.15) is 39.5 Å². The first-order valence-electron chi connectivity index (χ1n) is 6.24. The number of piperidine rings is 1. The average molecular weight is 248 g/mol. The van der Waals surface area contributed by atoms with E-state index >= 15 is 0 Å². The van der Waals surface area contributed by atoms with Crippen LogP contribution in [0.15, 0.2) is 0 Å². The molecule has 1 fully saturated rings. The third-order valence-corrected chi connectivity index (χ3v) is 4.78. The highest BCUT2D eigenvalue weighted by Crippen LogP contribution is 2.16. The molecule has 1 saturated heterocycles. The lowest BCUT2D eigenvalue weighted by molar-refractivity contribution is 0.365. The maximum Gasteiger partial charge on any atom is 0.211 e. The minimum absolute atomic E-state index is 0.0537. The molecule has 0 spiro atoms. The van der Waals surface area contributed by atoms with Crippen LogP contribution in [-0.4, -0.2) is 33.3 Å². The Morgan fingerprint density at radius 1 is 1.38 bits per heavy atom. The van der Waals surface area contributed by atoms with Gasteiger partial charge in [-0.1, -0.05) is 6.92 Å². The summed E-state index contributed by atoms with van der Waals surface area (Å²) in [6.45, 7) is 5.95. The SMILES string of the molecule is CCC(C)NS(=O)(=O)CCC1CCNCC1. The van der Waals surface area contributed by atoms with Crippen molar-refractivity contribution in [3.8, 4) is 0 Å². The fourth-order valence-corrected chi connectivity index (χ4v) is 3.48. The van der Waals surface area contributed by atoms with Gasteiger partial charge in [-0.05, 0) is 51.6 Å². The maximum absolute atomic E-state index is 11.7. The van der Waals surface area contributed by atoms with Crippen molar-refractivity contribution < 1.29 is 8.42 Å². The highest BCUT2D eigenvalue weighted by atomic mass is 32.2. The van der Waals surface area contributed by atoms with Gasteiger partial charge in [0.1, 0.15) is 0 Å². The van der Waals surface area contributed by atoms with E-state index in [9.17, 15) is 8.42 Å².